The molecule has 2 atom stereocenters. The highest BCUT2D eigenvalue weighted by Crippen LogP contribution is 2.36. The van der Waals surface area contributed by atoms with Crippen molar-refractivity contribution in [2.75, 3.05) is 19.6 Å². The van der Waals surface area contributed by atoms with E-state index in [0.717, 1.165) is 35.6 Å². The third kappa shape index (κ3) is 2.22. The van der Waals surface area contributed by atoms with Crippen LogP contribution >= 0.6 is 0 Å². The van der Waals surface area contributed by atoms with Gasteiger partial charge in [-0.15, -0.1) is 0 Å². The summed E-state index contributed by atoms with van der Waals surface area (Å²) in [7, 11) is 0. The highest BCUT2D eigenvalue weighted by molar-refractivity contribution is 5.83. The van der Waals surface area contributed by atoms with Gasteiger partial charge < -0.3 is 9.47 Å². The van der Waals surface area contributed by atoms with Gasteiger partial charge in [-0.25, -0.2) is 0 Å². The molecule has 1 aliphatic carbocycles. The number of hydrogen-bond acceptors (Lipinski definition) is 1. The molecular formula is C19H24N2. The van der Waals surface area contributed by atoms with Gasteiger partial charge in [-0.2, -0.15) is 0 Å². The first kappa shape index (κ1) is 13.1. The molecule has 2 aliphatic rings. The van der Waals surface area contributed by atoms with Crippen LogP contribution in [0, 0.1) is 11.8 Å². The van der Waals surface area contributed by atoms with Crippen LogP contribution in [0.2, 0.25) is 0 Å². The van der Waals surface area contributed by atoms with Gasteiger partial charge >= 0.3 is 0 Å². The van der Waals surface area contributed by atoms with E-state index in [2.05, 4.69) is 46.9 Å². The van der Waals surface area contributed by atoms with E-state index in [-0.39, 0.29) is 0 Å². The van der Waals surface area contributed by atoms with Crippen molar-refractivity contribution >= 4 is 23.9 Å². The Morgan fingerprint density at radius 1 is 0.905 bits per heavy atom. The van der Waals surface area contributed by atoms with E-state index in [4.69, 9.17) is 0 Å². The van der Waals surface area contributed by atoms with Gasteiger partial charge in [0.25, 0.3) is 0 Å². The van der Waals surface area contributed by atoms with Gasteiger partial charge in [-0.1, -0.05) is 37.4 Å². The van der Waals surface area contributed by atoms with Crippen molar-refractivity contribution in [3.05, 3.63) is 35.0 Å². The third-order valence-electron chi connectivity index (χ3n) is 5.52. The fraction of sp³-hybridized carbons (Fsp3) is 0.474. The van der Waals surface area contributed by atoms with Gasteiger partial charge in [-0.05, 0) is 31.1 Å². The zero-order valence-electron chi connectivity index (χ0n) is 12.7. The summed E-state index contributed by atoms with van der Waals surface area (Å²) in [6, 6.07) is 8.49. The molecule has 2 heteroatoms. The van der Waals surface area contributed by atoms with Crippen molar-refractivity contribution < 1.29 is 0 Å². The van der Waals surface area contributed by atoms with Crippen LogP contribution in [-0.2, 0) is 6.54 Å². The maximum atomic E-state index is 4.28. The molecule has 1 aliphatic heterocycles. The van der Waals surface area contributed by atoms with Crippen molar-refractivity contribution in [2.24, 2.45) is 11.8 Å². The predicted molar refractivity (Wildman–Crippen MR) is 89.5 cm³/mol. The van der Waals surface area contributed by atoms with Crippen LogP contribution in [0.4, 0.5) is 0 Å². The summed E-state index contributed by atoms with van der Waals surface area (Å²) in [6.07, 6.45) is 4.39. The Kier molecular flexibility index (Phi) is 3.15. The summed E-state index contributed by atoms with van der Waals surface area (Å²) in [5.74, 6) is 1.93. The summed E-state index contributed by atoms with van der Waals surface area (Å²) in [6.45, 7) is 13.3. The summed E-state index contributed by atoms with van der Waals surface area (Å²) >= 11 is 0. The van der Waals surface area contributed by atoms with Crippen LogP contribution in [0.5, 0.6) is 0 Å². The second-order valence-electron chi connectivity index (χ2n) is 6.90. The van der Waals surface area contributed by atoms with Crippen LogP contribution in [0.15, 0.2) is 24.3 Å². The zero-order valence-corrected chi connectivity index (χ0v) is 12.7. The molecule has 2 nitrogen and oxygen atoms in total. The van der Waals surface area contributed by atoms with Crippen molar-refractivity contribution in [2.45, 2.75) is 25.8 Å². The Labute approximate surface area is 126 Å². The Morgan fingerprint density at radius 3 is 2.05 bits per heavy atom. The molecule has 1 saturated carbocycles. The summed E-state index contributed by atoms with van der Waals surface area (Å²) in [5, 5.41) is 4.74. The Balaban J connectivity index is 1.55. The highest BCUT2D eigenvalue weighted by Gasteiger charge is 2.32. The second-order valence-corrected chi connectivity index (χ2v) is 6.90. The van der Waals surface area contributed by atoms with Crippen LogP contribution in [0.25, 0.3) is 23.9 Å². The van der Waals surface area contributed by atoms with Gasteiger partial charge in [0, 0.05) is 47.6 Å². The number of likely N-dealkylation sites (tertiary alicyclic amines) is 1. The van der Waals surface area contributed by atoms with Crippen molar-refractivity contribution in [3.8, 4) is 0 Å². The number of piperidine rings is 1. The maximum absolute atomic E-state index is 4.28. The minimum Gasteiger partial charge on any atom is -0.340 e. The largest absolute Gasteiger partial charge is 0.340 e. The van der Waals surface area contributed by atoms with E-state index >= 15 is 0 Å². The molecule has 2 fully saturated rings. The van der Waals surface area contributed by atoms with E-state index in [9.17, 15) is 0 Å². The molecular weight excluding hydrogens is 256 g/mol. The Morgan fingerprint density at radius 2 is 1.48 bits per heavy atom. The molecule has 0 N–H and O–H groups in total. The molecule has 2 bridgehead atoms. The van der Waals surface area contributed by atoms with Gasteiger partial charge in [0.15, 0.2) is 0 Å². The zero-order chi connectivity index (χ0) is 14.4. The molecule has 4 rings (SSSR count). The molecule has 2 heterocycles. The standard InChI is InChI=1S/C19H24N2/c1-14-18-5-3-4-6-19(18)15(2)21(14)10-9-20-12-16-7-8-17(11-16)13-20/h3-6,16-17H,1-2,7-13H2. The molecule has 110 valence electrons. The topological polar surface area (TPSA) is 8.17 Å². The number of hydrogen-bond donors (Lipinski definition) is 0. The van der Waals surface area contributed by atoms with Crippen LogP contribution in [0.1, 0.15) is 19.3 Å². The first-order valence-corrected chi connectivity index (χ1v) is 8.20. The van der Waals surface area contributed by atoms with E-state index in [0.29, 0.717) is 0 Å². The lowest BCUT2D eigenvalue weighted by Crippen LogP contribution is -2.40. The van der Waals surface area contributed by atoms with E-state index in [1.54, 1.807) is 0 Å². The lowest BCUT2D eigenvalue weighted by molar-refractivity contribution is 0.162. The third-order valence-corrected chi connectivity index (χ3v) is 5.52. The fourth-order valence-electron chi connectivity index (χ4n) is 4.45. The quantitative estimate of drug-likeness (QED) is 0.837. The first-order valence-electron chi connectivity index (χ1n) is 8.20. The van der Waals surface area contributed by atoms with E-state index in [1.165, 1.54) is 43.1 Å². The molecule has 21 heavy (non-hydrogen) atoms. The van der Waals surface area contributed by atoms with Crippen LogP contribution < -0.4 is 10.7 Å². The van der Waals surface area contributed by atoms with Crippen LogP contribution in [-0.4, -0.2) is 29.1 Å². The smallest absolute Gasteiger partial charge is 0.0418 e. The number of nitrogens with zero attached hydrogens (tertiary/aromatic N) is 2. The monoisotopic (exact) mass is 280 g/mol. The predicted octanol–water partition coefficient (Wildman–Crippen LogP) is 2.19. The minimum atomic E-state index is 0.964. The first-order chi connectivity index (χ1) is 10.2. The molecule has 0 radical (unpaired) electrons. The van der Waals surface area contributed by atoms with E-state index < -0.39 is 0 Å². The average molecular weight is 280 g/mol. The fourth-order valence-corrected chi connectivity index (χ4v) is 4.45. The lowest BCUT2D eigenvalue weighted by Gasteiger charge is -2.31. The second kappa shape index (κ2) is 5.03. The summed E-state index contributed by atoms with van der Waals surface area (Å²) in [5.41, 5.74) is 0. The minimum absolute atomic E-state index is 0.964. The summed E-state index contributed by atoms with van der Waals surface area (Å²) < 4.78 is 2.31. The Bertz CT molecular complexity index is 699. The SMILES string of the molecule is C=c1c2ccccc2c(=C)n1CCN1CC2CCC(C2)C1. The average Bonchev–Trinajstić information content (AvgIpc) is 2.96. The van der Waals surface area contributed by atoms with Crippen molar-refractivity contribution in [3.63, 3.8) is 0 Å². The molecule has 1 aromatic heterocycles. The van der Waals surface area contributed by atoms with Gasteiger partial charge in [0.2, 0.25) is 0 Å². The molecule has 1 saturated heterocycles. The number of fused-ring (bicyclic) bond motifs is 3. The summed E-state index contributed by atoms with van der Waals surface area (Å²) in [4.78, 5) is 2.66. The molecule has 1 aromatic carbocycles. The van der Waals surface area contributed by atoms with Gasteiger partial charge in [0.05, 0.1) is 0 Å². The number of rotatable bonds is 3. The molecule has 2 aromatic rings. The van der Waals surface area contributed by atoms with Crippen molar-refractivity contribution in [1.29, 1.82) is 0 Å². The normalized spacial score (nSPS) is 25.7. The maximum Gasteiger partial charge on any atom is 0.0418 e. The molecule has 0 amide bonds. The number of aromatic nitrogens is 1. The van der Waals surface area contributed by atoms with Gasteiger partial charge in [-0.3, -0.25) is 0 Å². The molecule has 2 unspecified atom stereocenters. The Hall–Kier alpha value is -1.54. The molecule has 0 spiro atoms. The van der Waals surface area contributed by atoms with Gasteiger partial charge in [0.1, 0.15) is 0 Å². The number of benzene rings is 1. The van der Waals surface area contributed by atoms with Crippen molar-refractivity contribution in [1.82, 2.24) is 9.47 Å². The lowest BCUT2D eigenvalue weighted by atomic mass is 9.99. The van der Waals surface area contributed by atoms with Crippen LogP contribution in [0.3, 0.4) is 0 Å². The highest BCUT2D eigenvalue weighted by atomic mass is 15.2. The van der Waals surface area contributed by atoms with E-state index in [1.807, 2.05) is 0 Å².